The molecule has 46 heavy (non-hydrogen) atoms. The monoisotopic (exact) mass is 646 g/mol. The fourth-order valence-corrected chi connectivity index (χ4v) is 4.34. The molecule has 3 aromatic carbocycles. The van der Waals surface area contributed by atoms with Gasteiger partial charge in [-0.3, -0.25) is 19.6 Å². The Bertz CT molecular complexity index is 1690. The van der Waals surface area contributed by atoms with E-state index in [2.05, 4.69) is 10.3 Å². The highest BCUT2D eigenvalue weighted by Crippen LogP contribution is 2.34. The number of ether oxygens (including phenoxy) is 3. The van der Waals surface area contributed by atoms with Crippen molar-refractivity contribution in [1.29, 1.82) is 0 Å². The number of methoxy groups -OCH3 is 3. The first kappa shape index (κ1) is 35.0. The molecule has 15 heteroatoms. The first-order valence-corrected chi connectivity index (χ1v) is 13.3. The van der Waals surface area contributed by atoms with E-state index >= 15 is 0 Å². The largest absolute Gasteiger partial charge is 0.493 e. The number of carbonyl (C=O) groups is 3. The van der Waals surface area contributed by atoms with Crippen LogP contribution in [0.15, 0.2) is 79.1 Å². The molecule has 0 fully saturated rings. The van der Waals surface area contributed by atoms with Crippen LogP contribution in [0.25, 0.3) is 10.8 Å². The van der Waals surface area contributed by atoms with Crippen molar-refractivity contribution in [1.82, 2.24) is 10.3 Å². The van der Waals surface area contributed by atoms with E-state index < -0.39 is 41.9 Å². The molecule has 1 amide bonds. The van der Waals surface area contributed by atoms with Crippen LogP contribution in [0.2, 0.25) is 0 Å². The summed E-state index contributed by atoms with van der Waals surface area (Å²) in [5.41, 5.74) is 1.16. The second kappa shape index (κ2) is 15.5. The van der Waals surface area contributed by atoms with E-state index in [0.29, 0.717) is 22.7 Å². The topological polar surface area (TPSA) is 153 Å². The lowest BCUT2D eigenvalue weighted by Gasteiger charge is -2.31. The van der Waals surface area contributed by atoms with E-state index in [-0.39, 0.29) is 12.0 Å². The van der Waals surface area contributed by atoms with E-state index in [9.17, 15) is 27.2 Å². The molecule has 0 saturated carbocycles. The Balaban J connectivity index is 0.000000738. The highest BCUT2D eigenvalue weighted by Gasteiger charge is 2.38. The smallest absolute Gasteiger partial charge is 0.490 e. The molecular formula is C31H30F4N4O7. The number of pyridine rings is 1. The van der Waals surface area contributed by atoms with Gasteiger partial charge in [-0.05, 0) is 47.3 Å². The molecule has 0 aliphatic heterocycles. The Morgan fingerprint density at radius 3 is 2.24 bits per heavy atom. The van der Waals surface area contributed by atoms with Crippen molar-refractivity contribution in [3.63, 3.8) is 0 Å². The van der Waals surface area contributed by atoms with Crippen molar-refractivity contribution < 1.29 is 51.3 Å². The number of aliphatic carboxylic acids is 1. The minimum Gasteiger partial charge on any atom is -0.493 e. The summed E-state index contributed by atoms with van der Waals surface area (Å²) in [7, 11) is 4.22. The van der Waals surface area contributed by atoms with Gasteiger partial charge < -0.3 is 24.6 Å². The zero-order valence-electron chi connectivity index (χ0n) is 24.7. The van der Waals surface area contributed by atoms with Crippen LogP contribution in [0.3, 0.4) is 0 Å². The number of hydrogen-bond acceptors (Lipinski definition) is 9. The third-order valence-electron chi connectivity index (χ3n) is 6.61. The summed E-state index contributed by atoms with van der Waals surface area (Å²) in [6, 6.07) is 16.1. The van der Waals surface area contributed by atoms with E-state index in [1.165, 1.54) is 44.5 Å². The number of carboxylic acid groups (broad SMARTS) is 1. The zero-order valence-corrected chi connectivity index (χ0v) is 24.7. The number of carboxylic acids is 1. The van der Waals surface area contributed by atoms with Crippen LogP contribution in [0.5, 0.6) is 11.5 Å². The fourth-order valence-electron chi connectivity index (χ4n) is 4.34. The van der Waals surface area contributed by atoms with Gasteiger partial charge in [0.1, 0.15) is 11.9 Å². The third kappa shape index (κ3) is 8.81. The summed E-state index contributed by atoms with van der Waals surface area (Å²) in [5.74, 6) is 2.97. The number of carbonyl (C=O) groups excluding carboxylic acids is 2. The lowest BCUT2D eigenvalue weighted by Crippen LogP contribution is -2.46. The lowest BCUT2D eigenvalue weighted by molar-refractivity contribution is -0.192. The maximum absolute atomic E-state index is 14.7. The molecule has 11 nitrogen and oxygen atoms in total. The quantitative estimate of drug-likeness (QED) is 0.0942. The molecule has 0 saturated heterocycles. The van der Waals surface area contributed by atoms with Gasteiger partial charge in [-0.2, -0.15) is 13.2 Å². The Morgan fingerprint density at radius 1 is 0.957 bits per heavy atom. The predicted molar refractivity (Wildman–Crippen MR) is 158 cm³/mol. The van der Waals surface area contributed by atoms with E-state index in [1.54, 1.807) is 42.7 Å². The number of nitrogens with one attached hydrogen (secondary N) is 1. The molecule has 0 bridgehead atoms. The minimum atomic E-state index is -5.08. The van der Waals surface area contributed by atoms with E-state index in [4.69, 9.17) is 30.0 Å². The molecule has 0 aliphatic carbocycles. The van der Waals surface area contributed by atoms with E-state index in [0.717, 1.165) is 10.8 Å². The number of nitrogens with two attached hydrogens (primary N) is 1. The molecular weight excluding hydrogens is 616 g/mol. The van der Waals surface area contributed by atoms with Gasteiger partial charge in [0.2, 0.25) is 5.91 Å². The Morgan fingerprint density at radius 2 is 1.63 bits per heavy atom. The van der Waals surface area contributed by atoms with Crippen molar-refractivity contribution in [2.24, 2.45) is 5.84 Å². The number of amides is 1. The van der Waals surface area contributed by atoms with Gasteiger partial charge in [-0.1, -0.05) is 30.3 Å². The fraction of sp³-hybridized carbons (Fsp3) is 0.226. The van der Waals surface area contributed by atoms with Gasteiger partial charge in [0.15, 0.2) is 11.5 Å². The van der Waals surface area contributed by atoms with Crippen molar-refractivity contribution >= 4 is 34.3 Å². The number of halogens is 4. The number of hydrogen-bond donors (Lipinski definition) is 3. The lowest BCUT2D eigenvalue weighted by atomic mass is 9.99. The molecule has 4 aromatic rings. The standard InChI is InChI=1S/C29H29FN4O5.C2HF3O2/c1-37-25-11-9-19(15-26(25)38-2)28(34(31)21-10-8-20-17-32-13-12-18(20)14-21)29(36)33-24(16-27(35)39-3)22-6-4-5-7-23(22)30;3-2(4,5)1(6)7/h4-15,17,24,28H,16,31H2,1-3H3,(H,33,36);(H,6,7)/t24-,28?;/m1./s1. The summed E-state index contributed by atoms with van der Waals surface area (Å²) < 4.78 is 62.1. The van der Waals surface area contributed by atoms with Crippen molar-refractivity contribution in [3.8, 4) is 11.5 Å². The molecule has 4 N–H and O–H groups in total. The highest BCUT2D eigenvalue weighted by atomic mass is 19.4. The average molecular weight is 647 g/mol. The van der Waals surface area contributed by atoms with Gasteiger partial charge in [0.05, 0.1) is 39.5 Å². The van der Waals surface area contributed by atoms with Gasteiger partial charge in [-0.15, -0.1) is 0 Å². The SMILES string of the molecule is COC(=O)C[C@@H](NC(=O)C(c1ccc(OC)c(OC)c1)N(N)c1ccc2cnccc2c1)c1ccccc1F.O=C(O)C(F)(F)F. The molecule has 244 valence electrons. The van der Waals surface area contributed by atoms with Crippen molar-refractivity contribution in [3.05, 3.63) is 96.1 Å². The van der Waals surface area contributed by atoms with Gasteiger partial charge in [0, 0.05) is 23.3 Å². The molecule has 0 radical (unpaired) electrons. The first-order valence-electron chi connectivity index (χ1n) is 13.3. The van der Waals surface area contributed by atoms with Gasteiger partial charge in [-0.25, -0.2) is 15.0 Å². The number of rotatable bonds is 10. The van der Waals surface area contributed by atoms with Crippen LogP contribution in [-0.4, -0.2) is 55.4 Å². The number of nitrogens with zero attached hydrogens (tertiary/aromatic N) is 2. The first-order chi connectivity index (χ1) is 21.8. The van der Waals surface area contributed by atoms with E-state index in [1.807, 2.05) is 18.2 Å². The zero-order chi connectivity index (χ0) is 34.0. The summed E-state index contributed by atoms with van der Waals surface area (Å²) in [6.07, 6.45) is -1.98. The van der Waals surface area contributed by atoms with Crippen molar-refractivity contribution in [2.75, 3.05) is 26.3 Å². The number of esters is 1. The number of hydrazine groups is 1. The maximum atomic E-state index is 14.7. The average Bonchev–Trinajstić information content (AvgIpc) is 3.04. The maximum Gasteiger partial charge on any atom is 0.490 e. The number of alkyl halides is 3. The summed E-state index contributed by atoms with van der Waals surface area (Å²) in [6.45, 7) is 0. The molecule has 1 unspecified atom stereocenters. The molecule has 4 rings (SSSR count). The Labute approximate surface area is 260 Å². The number of aromatic nitrogens is 1. The van der Waals surface area contributed by atoms with Crippen molar-refractivity contribution in [2.45, 2.75) is 24.7 Å². The summed E-state index contributed by atoms with van der Waals surface area (Å²) in [5, 5.41) is 13.0. The predicted octanol–water partition coefficient (Wildman–Crippen LogP) is 4.87. The minimum absolute atomic E-state index is 0.143. The normalized spacial score (nSPS) is 12.2. The number of benzene rings is 3. The Kier molecular flexibility index (Phi) is 11.8. The molecule has 1 heterocycles. The van der Waals surface area contributed by atoms with Gasteiger partial charge in [0.25, 0.3) is 0 Å². The van der Waals surface area contributed by atoms with Crippen LogP contribution in [0.1, 0.15) is 29.6 Å². The Hall–Kier alpha value is -5.44. The van der Waals surface area contributed by atoms with Crippen LogP contribution in [0, 0.1) is 5.82 Å². The van der Waals surface area contributed by atoms with Crippen LogP contribution < -0.4 is 25.6 Å². The van der Waals surface area contributed by atoms with Crippen LogP contribution in [-0.2, 0) is 19.1 Å². The molecule has 1 aromatic heterocycles. The van der Waals surface area contributed by atoms with Gasteiger partial charge >= 0.3 is 18.1 Å². The third-order valence-corrected chi connectivity index (χ3v) is 6.61. The number of fused-ring (bicyclic) bond motifs is 1. The molecule has 2 atom stereocenters. The second-order valence-corrected chi connectivity index (χ2v) is 9.50. The summed E-state index contributed by atoms with van der Waals surface area (Å²) >= 11 is 0. The molecule has 0 aliphatic rings. The second-order valence-electron chi connectivity index (χ2n) is 9.50. The van der Waals surface area contributed by atoms with Crippen LogP contribution >= 0.6 is 0 Å². The van der Waals surface area contributed by atoms with Crippen LogP contribution in [0.4, 0.5) is 23.2 Å². The molecule has 0 spiro atoms. The highest BCUT2D eigenvalue weighted by molar-refractivity contribution is 5.90. The summed E-state index contributed by atoms with van der Waals surface area (Å²) in [4.78, 5) is 39.2. The number of anilines is 1.